The van der Waals surface area contributed by atoms with Gasteiger partial charge >= 0.3 is 0 Å². The highest BCUT2D eigenvalue weighted by Gasteiger charge is 2.11. The highest BCUT2D eigenvalue weighted by Crippen LogP contribution is 2.09. The van der Waals surface area contributed by atoms with Crippen LogP contribution in [0.4, 0.5) is 8.78 Å². The monoisotopic (exact) mass is 302 g/mol. The Morgan fingerprint density at radius 2 is 1.86 bits per heavy atom. The van der Waals surface area contributed by atoms with Gasteiger partial charge in [-0.1, -0.05) is 42.0 Å². The first-order chi connectivity index (χ1) is 10.6. The maximum Gasteiger partial charge on any atom is 0.268 e. The summed E-state index contributed by atoms with van der Waals surface area (Å²) in [6.45, 7) is 2.31. The Kier molecular flexibility index (Phi) is 5.38. The van der Waals surface area contributed by atoms with Crippen LogP contribution in [0.1, 0.15) is 22.8 Å². The van der Waals surface area contributed by atoms with Gasteiger partial charge in [-0.15, -0.1) is 0 Å². The van der Waals surface area contributed by atoms with Gasteiger partial charge in [0, 0.05) is 12.6 Å². The van der Waals surface area contributed by atoms with Gasteiger partial charge in [-0.05, 0) is 24.6 Å². The molecule has 5 heteroatoms. The van der Waals surface area contributed by atoms with E-state index in [1.54, 1.807) is 0 Å². The summed E-state index contributed by atoms with van der Waals surface area (Å²) >= 11 is 0. The number of rotatable bonds is 5. The molecule has 0 atom stereocenters. The van der Waals surface area contributed by atoms with Crippen LogP contribution in [0.2, 0.25) is 0 Å². The highest BCUT2D eigenvalue weighted by atomic mass is 19.1. The Balaban J connectivity index is 1.88. The molecule has 2 aromatic rings. The molecule has 0 aromatic heterocycles. The topological polar surface area (TPSA) is 41.1 Å². The Hall–Kier alpha value is -2.53. The first kappa shape index (κ1) is 15.9. The molecule has 2 N–H and O–H groups in total. The molecule has 0 heterocycles. The summed E-state index contributed by atoms with van der Waals surface area (Å²) in [5.74, 6) is -2.26. The minimum atomic E-state index is -0.893. The number of hydrazine groups is 1. The SMILES string of the molecule is C/C(=C\c1ccccc1)CNNC(=O)c1ccc(F)cc1F. The molecule has 0 aliphatic carbocycles. The summed E-state index contributed by atoms with van der Waals surface area (Å²) in [7, 11) is 0. The van der Waals surface area contributed by atoms with Crippen LogP contribution in [0.25, 0.3) is 6.08 Å². The molecule has 1 amide bonds. The third-order valence-electron chi connectivity index (χ3n) is 2.96. The maximum atomic E-state index is 13.4. The van der Waals surface area contributed by atoms with E-state index in [2.05, 4.69) is 10.9 Å². The number of hydrogen-bond acceptors (Lipinski definition) is 2. The van der Waals surface area contributed by atoms with E-state index < -0.39 is 17.5 Å². The molecule has 0 spiro atoms. The lowest BCUT2D eigenvalue weighted by Gasteiger charge is -2.08. The molecule has 2 aromatic carbocycles. The summed E-state index contributed by atoms with van der Waals surface area (Å²) in [6, 6.07) is 12.6. The molecule has 22 heavy (non-hydrogen) atoms. The van der Waals surface area contributed by atoms with E-state index in [0.29, 0.717) is 12.6 Å². The first-order valence-corrected chi connectivity index (χ1v) is 6.77. The van der Waals surface area contributed by atoms with Gasteiger partial charge < -0.3 is 0 Å². The van der Waals surface area contributed by atoms with Crippen LogP contribution in [-0.4, -0.2) is 12.5 Å². The van der Waals surface area contributed by atoms with Gasteiger partial charge in [0.25, 0.3) is 5.91 Å². The van der Waals surface area contributed by atoms with Crippen molar-refractivity contribution in [2.75, 3.05) is 6.54 Å². The van der Waals surface area contributed by atoms with Gasteiger partial charge in [0.05, 0.1) is 5.56 Å². The molecule has 0 aliphatic rings. The van der Waals surface area contributed by atoms with Crippen LogP contribution in [0.3, 0.4) is 0 Å². The zero-order valence-corrected chi connectivity index (χ0v) is 12.1. The van der Waals surface area contributed by atoms with E-state index in [0.717, 1.165) is 23.3 Å². The third-order valence-corrected chi connectivity index (χ3v) is 2.96. The predicted molar refractivity (Wildman–Crippen MR) is 81.9 cm³/mol. The molecular formula is C17H16F2N2O. The fourth-order valence-electron chi connectivity index (χ4n) is 1.89. The number of carbonyl (C=O) groups is 1. The van der Waals surface area contributed by atoms with Crippen molar-refractivity contribution < 1.29 is 13.6 Å². The normalized spacial score (nSPS) is 11.3. The van der Waals surface area contributed by atoms with E-state index in [4.69, 9.17) is 0 Å². The van der Waals surface area contributed by atoms with Crippen molar-refractivity contribution in [3.8, 4) is 0 Å². The lowest BCUT2D eigenvalue weighted by atomic mass is 10.1. The molecule has 0 saturated carbocycles. The zero-order valence-electron chi connectivity index (χ0n) is 12.1. The fourth-order valence-corrected chi connectivity index (χ4v) is 1.89. The number of carbonyl (C=O) groups excluding carboxylic acids is 1. The van der Waals surface area contributed by atoms with E-state index in [1.165, 1.54) is 0 Å². The molecule has 0 saturated heterocycles. The van der Waals surface area contributed by atoms with Crippen LogP contribution in [0.15, 0.2) is 54.1 Å². The third kappa shape index (κ3) is 4.49. The molecule has 0 bridgehead atoms. The lowest BCUT2D eigenvalue weighted by molar-refractivity contribution is 0.0931. The van der Waals surface area contributed by atoms with Crippen LogP contribution >= 0.6 is 0 Å². The smallest absolute Gasteiger partial charge is 0.268 e. The summed E-state index contributed by atoms with van der Waals surface area (Å²) in [6.07, 6.45) is 1.97. The van der Waals surface area contributed by atoms with Crippen molar-refractivity contribution in [3.05, 3.63) is 76.9 Å². The van der Waals surface area contributed by atoms with Crippen molar-refractivity contribution in [1.29, 1.82) is 0 Å². The molecule has 0 radical (unpaired) electrons. The van der Waals surface area contributed by atoms with Crippen molar-refractivity contribution in [2.45, 2.75) is 6.92 Å². The van der Waals surface area contributed by atoms with E-state index >= 15 is 0 Å². The van der Waals surface area contributed by atoms with Gasteiger partial charge in [-0.25, -0.2) is 14.2 Å². The summed E-state index contributed by atoms with van der Waals surface area (Å²) < 4.78 is 26.2. The van der Waals surface area contributed by atoms with Crippen LogP contribution < -0.4 is 10.9 Å². The van der Waals surface area contributed by atoms with Crippen molar-refractivity contribution in [2.24, 2.45) is 0 Å². The van der Waals surface area contributed by atoms with E-state index in [1.807, 2.05) is 43.3 Å². The van der Waals surface area contributed by atoms with Gasteiger partial charge in [0.15, 0.2) is 0 Å². The minimum absolute atomic E-state index is 0.210. The Morgan fingerprint density at radius 3 is 2.55 bits per heavy atom. The average molecular weight is 302 g/mol. The number of amides is 1. The molecular weight excluding hydrogens is 286 g/mol. The Bertz CT molecular complexity index is 684. The number of nitrogens with one attached hydrogen (secondary N) is 2. The highest BCUT2D eigenvalue weighted by molar-refractivity contribution is 5.94. The molecule has 114 valence electrons. The van der Waals surface area contributed by atoms with Gasteiger partial charge in [-0.3, -0.25) is 10.2 Å². The molecule has 3 nitrogen and oxygen atoms in total. The molecule has 2 rings (SSSR count). The summed E-state index contributed by atoms with van der Waals surface area (Å²) in [4.78, 5) is 11.8. The average Bonchev–Trinajstić information content (AvgIpc) is 2.48. The van der Waals surface area contributed by atoms with E-state index in [-0.39, 0.29) is 5.56 Å². The second-order valence-corrected chi connectivity index (χ2v) is 4.83. The molecule has 0 aliphatic heterocycles. The zero-order chi connectivity index (χ0) is 15.9. The van der Waals surface area contributed by atoms with Crippen LogP contribution in [0, 0.1) is 11.6 Å². The largest absolute Gasteiger partial charge is 0.287 e. The standard InChI is InChI=1S/C17H16F2N2O/c1-12(9-13-5-3-2-4-6-13)11-20-21-17(22)15-8-7-14(18)10-16(15)19/h2-10,20H,11H2,1H3,(H,21,22)/b12-9+. The van der Waals surface area contributed by atoms with Crippen LogP contribution in [0.5, 0.6) is 0 Å². The van der Waals surface area contributed by atoms with E-state index in [9.17, 15) is 13.6 Å². The number of benzene rings is 2. The van der Waals surface area contributed by atoms with Crippen molar-refractivity contribution in [1.82, 2.24) is 10.9 Å². The maximum absolute atomic E-state index is 13.4. The van der Waals surface area contributed by atoms with Crippen LogP contribution in [-0.2, 0) is 0 Å². The lowest BCUT2D eigenvalue weighted by Crippen LogP contribution is -2.38. The second-order valence-electron chi connectivity index (χ2n) is 4.83. The Morgan fingerprint density at radius 1 is 1.14 bits per heavy atom. The molecule has 0 unspecified atom stereocenters. The minimum Gasteiger partial charge on any atom is -0.287 e. The van der Waals surface area contributed by atoms with Crippen molar-refractivity contribution in [3.63, 3.8) is 0 Å². The fraction of sp³-hybridized carbons (Fsp3) is 0.118. The molecule has 0 fully saturated rings. The first-order valence-electron chi connectivity index (χ1n) is 6.77. The second kappa shape index (κ2) is 7.47. The summed E-state index contributed by atoms with van der Waals surface area (Å²) in [5.41, 5.74) is 6.94. The van der Waals surface area contributed by atoms with Crippen molar-refractivity contribution >= 4 is 12.0 Å². The quantitative estimate of drug-likeness (QED) is 0.832. The van der Waals surface area contributed by atoms with Gasteiger partial charge in [0.1, 0.15) is 11.6 Å². The summed E-state index contributed by atoms with van der Waals surface area (Å²) in [5, 5.41) is 0. The van der Waals surface area contributed by atoms with Gasteiger partial charge in [0.2, 0.25) is 0 Å². The Labute approximate surface area is 127 Å². The number of halogens is 2. The number of hydrogen-bond donors (Lipinski definition) is 2. The predicted octanol–water partition coefficient (Wildman–Crippen LogP) is 3.30. The van der Waals surface area contributed by atoms with Gasteiger partial charge in [-0.2, -0.15) is 0 Å².